The third-order valence-electron chi connectivity index (χ3n) is 1.85. The summed E-state index contributed by atoms with van der Waals surface area (Å²) in [6.07, 6.45) is 0. The second-order valence-electron chi connectivity index (χ2n) is 3.52. The first-order valence-corrected chi connectivity index (χ1v) is 5.95. The molecule has 0 aliphatic heterocycles. The summed E-state index contributed by atoms with van der Waals surface area (Å²) < 4.78 is 0. The summed E-state index contributed by atoms with van der Waals surface area (Å²) in [5.41, 5.74) is 9.96. The number of hydrogen-bond acceptors (Lipinski definition) is 4. The van der Waals surface area contributed by atoms with Crippen molar-refractivity contribution in [3.8, 4) is 0 Å². The molecule has 0 rings (SSSR count). The zero-order valence-electron chi connectivity index (χ0n) is 9.36. The van der Waals surface area contributed by atoms with Crippen LogP contribution in [0.5, 0.6) is 0 Å². The number of hydrogen-bond donors (Lipinski definition) is 3. The topological polar surface area (TPSA) is 115 Å². The van der Waals surface area contributed by atoms with Gasteiger partial charge >= 0.3 is 0 Å². The molecule has 0 fully saturated rings. The van der Waals surface area contributed by atoms with E-state index >= 15 is 0 Å². The van der Waals surface area contributed by atoms with Crippen LogP contribution in [0.3, 0.4) is 0 Å². The molecule has 3 amide bonds. The monoisotopic (exact) mass is 247 g/mol. The Morgan fingerprint density at radius 2 is 1.81 bits per heavy atom. The molecule has 5 N–H and O–H groups in total. The molecule has 0 saturated heterocycles. The predicted molar refractivity (Wildman–Crippen MR) is 62.5 cm³/mol. The van der Waals surface area contributed by atoms with Crippen molar-refractivity contribution < 1.29 is 14.4 Å². The molecule has 0 aromatic heterocycles. The van der Waals surface area contributed by atoms with Gasteiger partial charge in [0, 0.05) is 11.7 Å². The molecule has 0 bridgehead atoms. The minimum Gasteiger partial charge on any atom is -0.369 e. The number of primary amides is 2. The zero-order valence-corrected chi connectivity index (χ0v) is 10.2. The van der Waals surface area contributed by atoms with Crippen LogP contribution >= 0.6 is 11.8 Å². The van der Waals surface area contributed by atoms with Gasteiger partial charge in [0.15, 0.2) is 0 Å². The van der Waals surface area contributed by atoms with E-state index in [-0.39, 0.29) is 17.6 Å². The fraction of sp³-hybridized carbons (Fsp3) is 0.667. The lowest BCUT2D eigenvalue weighted by Crippen LogP contribution is -2.44. The quantitative estimate of drug-likeness (QED) is 0.525. The fourth-order valence-corrected chi connectivity index (χ4v) is 1.66. The van der Waals surface area contributed by atoms with Gasteiger partial charge in [-0.3, -0.25) is 14.4 Å². The summed E-state index contributed by atoms with van der Waals surface area (Å²) in [5.74, 6) is -0.897. The number of carbonyl (C=O) groups is 3. The highest BCUT2D eigenvalue weighted by Gasteiger charge is 2.17. The Hall–Kier alpha value is -1.24. The van der Waals surface area contributed by atoms with Crippen LogP contribution in [0.25, 0.3) is 0 Å². The number of nitrogens with two attached hydrogens (primary N) is 2. The summed E-state index contributed by atoms with van der Waals surface area (Å²) in [4.78, 5) is 32.6. The number of amides is 3. The first-order valence-electron chi connectivity index (χ1n) is 4.80. The molecular formula is C9H17N3O3S. The van der Waals surface area contributed by atoms with Crippen molar-refractivity contribution in [2.75, 3.05) is 11.5 Å². The van der Waals surface area contributed by atoms with Gasteiger partial charge in [-0.05, 0) is 6.92 Å². The smallest absolute Gasteiger partial charge is 0.239 e. The van der Waals surface area contributed by atoms with E-state index in [2.05, 4.69) is 5.32 Å². The molecule has 0 aromatic carbocycles. The normalized spacial score (nSPS) is 13.9. The highest BCUT2D eigenvalue weighted by molar-refractivity contribution is 7.99. The third-order valence-corrected chi connectivity index (χ3v) is 3.07. The van der Waals surface area contributed by atoms with Gasteiger partial charge in [-0.15, -0.1) is 0 Å². The highest BCUT2D eigenvalue weighted by atomic mass is 32.2. The van der Waals surface area contributed by atoms with Gasteiger partial charge in [0.1, 0.15) is 6.04 Å². The van der Waals surface area contributed by atoms with Crippen molar-refractivity contribution in [3.63, 3.8) is 0 Å². The molecule has 0 aliphatic rings. The maximum absolute atomic E-state index is 11.5. The average Bonchev–Trinajstić information content (AvgIpc) is 2.16. The lowest BCUT2D eigenvalue weighted by Gasteiger charge is -2.14. The summed E-state index contributed by atoms with van der Waals surface area (Å²) in [5, 5.41) is 2.47. The van der Waals surface area contributed by atoms with Gasteiger partial charge in [-0.25, -0.2) is 0 Å². The van der Waals surface area contributed by atoms with Crippen LogP contribution in [0.1, 0.15) is 13.8 Å². The van der Waals surface area contributed by atoms with Crippen LogP contribution < -0.4 is 16.8 Å². The van der Waals surface area contributed by atoms with Crippen LogP contribution in [0.2, 0.25) is 0 Å². The fourth-order valence-electron chi connectivity index (χ4n) is 0.839. The number of nitrogens with one attached hydrogen (secondary N) is 1. The zero-order chi connectivity index (χ0) is 12.7. The number of carbonyl (C=O) groups excluding carboxylic acids is 3. The van der Waals surface area contributed by atoms with Crippen LogP contribution in [-0.2, 0) is 14.4 Å². The Labute approximate surface area is 98.5 Å². The number of thioether (sulfide) groups is 1. The van der Waals surface area contributed by atoms with Crippen molar-refractivity contribution in [2.24, 2.45) is 17.4 Å². The van der Waals surface area contributed by atoms with Crippen LogP contribution in [0, 0.1) is 5.92 Å². The van der Waals surface area contributed by atoms with E-state index in [4.69, 9.17) is 11.5 Å². The van der Waals surface area contributed by atoms with E-state index in [0.717, 1.165) is 0 Å². The molecular weight excluding hydrogens is 230 g/mol. The molecule has 2 atom stereocenters. The summed E-state index contributed by atoms with van der Waals surface area (Å²) in [7, 11) is 0. The Bertz CT molecular complexity index is 283. The Morgan fingerprint density at radius 1 is 1.25 bits per heavy atom. The second-order valence-corrected chi connectivity index (χ2v) is 4.55. The van der Waals surface area contributed by atoms with Gasteiger partial charge in [0.05, 0.1) is 5.75 Å². The van der Waals surface area contributed by atoms with Crippen LogP contribution in [-0.4, -0.2) is 35.3 Å². The highest BCUT2D eigenvalue weighted by Crippen LogP contribution is 2.08. The molecule has 6 nitrogen and oxygen atoms in total. The molecule has 0 unspecified atom stereocenters. The van der Waals surface area contributed by atoms with E-state index in [1.165, 1.54) is 18.7 Å². The first kappa shape index (κ1) is 14.8. The SMILES string of the molecule is C[C@H](NC(=O)[C@@H](C)CSCC(N)=O)C(N)=O. The first-order chi connectivity index (χ1) is 7.34. The number of rotatable bonds is 7. The minimum absolute atomic E-state index is 0.184. The average molecular weight is 247 g/mol. The van der Waals surface area contributed by atoms with Gasteiger partial charge in [0.2, 0.25) is 17.7 Å². The lowest BCUT2D eigenvalue weighted by atomic mass is 10.2. The summed E-state index contributed by atoms with van der Waals surface area (Å²) in [6.45, 7) is 3.22. The maximum Gasteiger partial charge on any atom is 0.239 e. The van der Waals surface area contributed by atoms with Gasteiger partial charge in [0.25, 0.3) is 0 Å². The molecule has 7 heteroatoms. The van der Waals surface area contributed by atoms with Crippen molar-refractivity contribution in [1.29, 1.82) is 0 Å². The van der Waals surface area contributed by atoms with Gasteiger partial charge < -0.3 is 16.8 Å². The molecule has 16 heavy (non-hydrogen) atoms. The predicted octanol–water partition coefficient (Wildman–Crippen LogP) is -1.17. The van der Waals surface area contributed by atoms with Crippen molar-refractivity contribution >= 4 is 29.5 Å². The van der Waals surface area contributed by atoms with Crippen molar-refractivity contribution in [3.05, 3.63) is 0 Å². The molecule has 92 valence electrons. The van der Waals surface area contributed by atoms with Gasteiger partial charge in [-0.1, -0.05) is 6.92 Å². The lowest BCUT2D eigenvalue weighted by molar-refractivity contribution is -0.128. The van der Waals surface area contributed by atoms with Crippen LogP contribution in [0.4, 0.5) is 0 Å². The Kier molecular flexibility index (Phi) is 6.55. The minimum atomic E-state index is -0.684. The van der Waals surface area contributed by atoms with Crippen molar-refractivity contribution in [1.82, 2.24) is 5.32 Å². The molecule has 0 heterocycles. The Morgan fingerprint density at radius 3 is 2.25 bits per heavy atom. The Balaban J connectivity index is 3.90. The second kappa shape index (κ2) is 7.10. The van der Waals surface area contributed by atoms with E-state index in [9.17, 15) is 14.4 Å². The molecule has 0 aromatic rings. The summed E-state index contributed by atoms with van der Waals surface area (Å²) >= 11 is 1.28. The molecule has 0 spiro atoms. The van der Waals surface area contributed by atoms with E-state index in [0.29, 0.717) is 5.75 Å². The van der Waals surface area contributed by atoms with E-state index in [1.54, 1.807) is 6.92 Å². The van der Waals surface area contributed by atoms with Gasteiger partial charge in [-0.2, -0.15) is 11.8 Å². The van der Waals surface area contributed by atoms with Crippen LogP contribution in [0.15, 0.2) is 0 Å². The van der Waals surface area contributed by atoms with Crippen molar-refractivity contribution in [2.45, 2.75) is 19.9 Å². The van der Waals surface area contributed by atoms with E-state index < -0.39 is 17.9 Å². The maximum atomic E-state index is 11.5. The largest absolute Gasteiger partial charge is 0.369 e. The summed E-state index contributed by atoms with van der Waals surface area (Å²) in [6, 6.07) is -0.684. The molecule has 0 radical (unpaired) electrons. The molecule has 0 saturated carbocycles. The standard InChI is InChI=1S/C9H17N3O3S/c1-5(3-16-4-7(10)13)9(15)12-6(2)8(11)14/h5-6H,3-4H2,1-2H3,(H2,10,13)(H2,11,14)(H,12,15)/t5-,6-/m0/s1. The third kappa shape index (κ3) is 6.28. The van der Waals surface area contributed by atoms with E-state index in [1.807, 2.05) is 0 Å². The molecule has 0 aliphatic carbocycles.